The molecule has 13 nitrogen and oxygen atoms in total. The van der Waals surface area contributed by atoms with Crippen molar-refractivity contribution in [3.63, 3.8) is 0 Å². The van der Waals surface area contributed by atoms with E-state index in [1.54, 1.807) is 47.3 Å². The predicted octanol–water partition coefficient (Wildman–Crippen LogP) is 1.99. The van der Waals surface area contributed by atoms with Crippen molar-refractivity contribution in [1.29, 1.82) is 5.26 Å². The van der Waals surface area contributed by atoms with E-state index in [9.17, 15) is 5.26 Å². The first-order chi connectivity index (χ1) is 18.1. The van der Waals surface area contributed by atoms with Gasteiger partial charge < -0.3 is 11.5 Å². The third-order valence-corrected chi connectivity index (χ3v) is 5.63. The van der Waals surface area contributed by atoms with Gasteiger partial charge in [-0.15, -0.1) is 10.2 Å². The van der Waals surface area contributed by atoms with Crippen LogP contribution in [0.5, 0.6) is 0 Å². The van der Waals surface area contributed by atoms with E-state index in [0.717, 1.165) is 5.56 Å². The first-order valence-electron chi connectivity index (χ1n) is 11.0. The zero-order chi connectivity index (χ0) is 25.4. The normalized spacial score (nSPS) is 11.0. The van der Waals surface area contributed by atoms with Crippen molar-refractivity contribution in [2.45, 2.75) is 6.54 Å². The largest absolute Gasteiger partial charge is 0.399 e. The number of nitriles is 1. The van der Waals surface area contributed by atoms with Gasteiger partial charge in [0.1, 0.15) is 12.9 Å². The van der Waals surface area contributed by atoms with E-state index in [2.05, 4.69) is 41.6 Å². The molecule has 4 N–H and O–H groups in total. The average molecular weight is 487 g/mol. The van der Waals surface area contributed by atoms with E-state index >= 15 is 0 Å². The number of anilines is 2. The van der Waals surface area contributed by atoms with Crippen LogP contribution < -0.4 is 11.5 Å². The molecule has 0 bridgehead atoms. The Morgan fingerprint density at radius 2 is 1.84 bits per heavy atom. The summed E-state index contributed by atoms with van der Waals surface area (Å²) in [6.45, 7) is 0.167. The molecule has 0 aliphatic heterocycles. The Kier molecular flexibility index (Phi) is 5.16. The zero-order valence-electron chi connectivity index (χ0n) is 19.1. The molecule has 0 saturated heterocycles. The van der Waals surface area contributed by atoms with Crippen LogP contribution in [0.4, 0.5) is 11.6 Å². The third-order valence-electron chi connectivity index (χ3n) is 5.63. The Morgan fingerprint density at radius 1 is 0.973 bits per heavy atom. The minimum Gasteiger partial charge on any atom is -0.399 e. The fourth-order valence-corrected chi connectivity index (χ4v) is 4.02. The molecule has 4 heterocycles. The van der Waals surface area contributed by atoms with Crippen LogP contribution in [0.15, 0.2) is 67.1 Å². The molecule has 0 aliphatic carbocycles. The molecule has 6 rings (SSSR count). The van der Waals surface area contributed by atoms with Gasteiger partial charge in [-0.2, -0.15) is 9.78 Å². The van der Waals surface area contributed by atoms with Crippen LogP contribution in [0.2, 0.25) is 0 Å². The summed E-state index contributed by atoms with van der Waals surface area (Å²) in [4.78, 5) is 17.8. The van der Waals surface area contributed by atoms with E-state index < -0.39 is 0 Å². The summed E-state index contributed by atoms with van der Waals surface area (Å²) in [5.41, 5.74) is 16.9. The number of aromatic nitrogens is 10. The number of rotatable bonds is 5. The lowest BCUT2D eigenvalue weighted by Gasteiger charge is -2.11. The van der Waals surface area contributed by atoms with Crippen LogP contribution in [-0.2, 0) is 6.54 Å². The van der Waals surface area contributed by atoms with Gasteiger partial charge in [0.15, 0.2) is 17.3 Å². The van der Waals surface area contributed by atoms with Gasteiger partial charge in [-0.1, -0.05) is 24.3 Å². The lowest BCUT2D eigenvalue weighted by atomic mass is 10.0. The molecule has 4 aromatic heterocycles. The van der Waals surface area contributed by atoms with Crippen molar-refractivity contribution in [3.8, 4) is 40.0 Å². The van der Waals surface area contributed by atoms with Gasteiger partial charge in [-0.3, -0.25) is 0 Å². The van der Waals surface area contributed by atoms with Crippen LogP contribution in [0.3, 0.4) is 0 Å². The molecular formula is C24H17N13. The number of nitrogens with two attached hydrogens (primary N) is 2. The number of hydrogen-bond donors (Lipinski definition) is 2. The summed E-state index contributed by atoms with van der Waals surface area (Å²) in [6.07, 6.45) is 3.06. The van der Waals surface area contributed by atoms with Crippen LogP contribution in [0, 0.1) is 11.3 Å². The molecule has 13 heteroatoms. The Morgan fingerprint density at radius 3 is 2.65 bits per heavy atom. The molecule has 0 radical (unpaired) electrons. The summed E-state index contributed by atoms with van der Waals surface area (Å²) in [6, 6.07) is 18.3. The molecule has 0 aliphatic rings. The SMILES string of the molecule is N#Cc1cccc(-c2nc(N)n3nc(Cn4nnnc4-c4cccc(N)c4)nc3c2-c2ccncn2)c1. The standard InChI is InChI=1S/C24H17N13/c25-11-14-3-1-4-15(9-14)21-20(18-7-8-28-13-29-18)23-30-19(33-37(23)24(27)31-21)12-36-22(32-34-35-36)16-5-2-6-17(26)10-16/h1-10,13H,12,26H2,(H2,27,31). The second-order valence-corrected chi connectivity index (χ2v) is 8.03. The maximum Gasteiger partial charge on any atom is 0.223 e. The molecular weight excluding hydrogens is 470 g/mol. The van der Waals surface area contributed by atoms with E-state index in [1.165, 1.54) is 10.8 Å². The molecule has 178 valence electrons. The van der Waals surface area contributed by atoms with Gasteiger partial charge in [-0.05, 0) is 40.8 Å². The average Bonchev–Trinajstić information content (AvgIpc) is 3.57. The Hall–Kier alpha value is -5.77. The summed E-state index contributed by atoms with van der Waals surface area (Å²) in [5, 5.41) is 26.0. The first kappa shape index (κ1) is 21.7. The number of hydrogen-bond acceptors (Lipinski definition) is 11. The molecule has 0 unspecified atom stereocenters. The van der Waals surface area contributed by atoms with Crippen molar-refractivity contribution in [2.24, 2.45) is 0 Å². The van der Waals surface area contributed by atoms with Crippen molar-refractivity contribution < 1.29 is 0 Å². The maximum absolute atomic E-state index is 9.40. The fraction of sp³-hybridized carbons (Fsp3) is 0.0417. The van der Waals surface area contributed by atoms with Crippen LogP contribution in [-0.4, -0.2) is 49.8 Å². The van der Waals surface area contributed by atoms with Gasteiger partial charge in [0, 0.05) is 23.0 Å². The molecule has 6 aromatic rings. The number of nitrogens with zero attached hydrogens (tertiary/aromatic N) is 11. The highest BCUT2D eigenvalue weighted by atomic mass is 15.5. The van der Waals surface area contributed by atoms with Gasteiger partial charge in [0.05, 0.1) is 28.6 Å². The second-order valence-electron chi connectivity index (χ2n) is 8.03. The van der Waals surface area contributed by atoms with Crippen molar-refractivity contribution in [2.75, 3.05) is 11.5 Å². The van der Waals surface area contributed by atoms with E-state index in [0.29, 0.717) is 51.1 Å². The second kappa shape index (κ2) is 8.78. The van der Waals surface area contributed by atoms with E-state index in [-0.39, 0.29) is 12.5 Å². The van der Waals surface area contributed by atoms with Crippen LogP contribution >= 0.6 is 0 Å². The van der Waals surface area contributed by atoms with Crippen LogP contribution in [0.1, 0.15) is 11.4 Å². The summed E-state index contributed by atoms with van der Waals surface area (Å²) < 4.78 is 3.03. The van der Waals surface area contributed by atoms with Gasteiger partial charge in [0.2, 0.25) is 5.95 Å². The van der Waals surface area contributed by atoms with Crippen LogP contribution in [0.25, 0.3) is 39.5 Å². The van der Waals surface area contributed by atoms with E-state index in [4.69, 9.17) is 16.5 Å². The molecule has 0 amide bonds. The minimum absolute atomic E-state index is 0.122. The third kappa shape index (κ3) is 3.94. The van der Waals surface area contributed by atoms with Crippen molar-refractivity contribution in [3.05, 3.63) is 78.5 Å². The van der Waals surface area contributed by atoms with E-state index in [1.807, 2.05) is 18.2 Å². The summed E-state index contributed by atoms with van der Waals surface area (Å²) in [5.74, 6) is 1.04. The number of nitrogen functional groups attached to an aromatic ring is 2. The minimum atomic E-state index is 0.122. The fourth-order valence-electron chi connectivity index (χ4n) is 4.02. The first-order valence-corrected chi connectivity index (χ1v) is 11.0. The Bertz CT molecular complexity index is 1800. The van der Waals surface area contributed by atoms with Crippen molar-refractivity contribution in [1.82, 2.24) is 49.8 Å². The molecule has 37 heavy (non-hydrogen) atoms. The number of benzene rings is 2. The lowest BCUT2D eigenvalue weighted by molar-refractivity contribution is 0.628. The molecule has 0 atom stereocenters. The monoisotopic (exact) mass is 487 g/mol. The highest BCUT2D eigenvalue weighted by Crippen LogP contribution is 2.34. The Balaban J connectivity index is 1.51. The lowest BCUT2D eigenvalue weighted by Crippen LogP contribution is -2.07. The quantitative estimate of drug-likeness (QED) is 0.338. The predicted molar refractivity (Wildman–Crippen MR) is 133 cm³/mol. The smallest absolute Gasteiger partial charge is 0.223 e. The van der Waals surface area contributed by atoms with Gasteiger partial charge in [-0.25, -0.2) is 24.6 Å². The topological polar surface area (TPSA) is 188 Å². The summed E-state index contributed by atoms with van der Waals surface area (Å²) in [7, 11) is 0. The summed E-state index contributed by atoms with van der Waals surface area (Å²) >= 11 is 0. The maximum atomic E-state index is 9.40. The molecule has 2 aromatic carbocycles. The molecule has 0 saturated carbocycles. The number of tetrazole rings is 1. The van der Waals surface area contributed by atoms with Crippen molar-refractivity contribution >= 4 is 17.3 Å². The Labute approximate surface area is 209 Å². The van der Waals surface area contributed by atoms with Gasteiger partial charge >= 0.3 is 0 Å². The molecule has 0 spiro atoms. The zero-order valence-corrected chi connectivity index (χ0v) is 19.1. The highest BCUT2D eigenvalue weighted by Gasteiger charge is 2.22. The highest BCUT2D eigenvalue weighted by molar-refractivity contribution is 5.89. The van der Waals surface area contributed by atoms with Gasteiger partial charge in [0.25, 0.3) is 0 Å². The molecule has 0 fully saturated rings. The number of fused-ring (bicyclic) bond motifs is 1.